The van der Waals surface area contributed by atoms with Gasteiger partial charge in [0, 0.05) is 17.7 Å². The van der Waals surface area contributed by atoms with E-state index in [-0.39, 0.29) is 22.5 Å². The highest BCUT2D eigenvalue weighted by Crippen LogP contribution is 2.44. The Balaban J connectivity index is 1.51. The molecule has 15 heteroatoms. The van der Waals surface area contributed by atoms with E-state index in [1.54, 1.807) is 24.3 Å². The number of benzene rings is 2. The molecule has 3 unspecified atom stereocenters. The molecule has 2 saturated heterocycles. The van der Waals surface area contributed by atoms with Gasteiger partial charge in [0.15, 0.2) is 29.3 Å². The largest absolute Gasteiger partial charge is 0.504 e. The predicted octanol–water partition coefficient (Wildman–Crippen LogP) is -1.18. The van der Waals surface area contributed by atoms with Crippen LogP contribution in [0.15, 0.2) is 45.6 Å². The smallest absolute Gasteiger partial charge is 0.230 e. The number of phenolic OH excluding ortho intramolecular Hbond substituents is 1. The first-order valence-electron chi connectivity index (χ1n) is 13.2. The van der Waals surface area contributed by atoms with Crippen molar-refractivity contribution in [3.63, 3.8) is 0 Å². The van der Waals surface area contributed by atoms with Crippen molar-refractivity contribution >= 4 is 11.0 Å². The highest BCUT2D eigenvalue weighted by atomic mass is 16.8. The molecule has 9 atom stereocenters. The summed E-state index contributed by atoms with van der Waals surface area (Å²) in [5.74, 6) is -0.476. The lowest BCUT2D eigenvalue weighted by atomic mass is 9.98. The minimum Gasteiger partial charge on any atom is -0.504 e. The van der Waals surface area contributed by atoms with Crippen LogP contribution in [0, 0.1) is 0 Å². The van der Waals surface area contributed by atoms with Gasteiger partial charge in [-0.1, -0.05) is 0 Å². The SMILES string of the molecule is COc1ccc(-c2cc(=O)c3c(O)c(O[C@@H]4OC(CO)[C@@H](O)[C@H](O)C4O[C@@H]4OC[C@@H](O)[C@H](O)C4O)c(OC)cc3o2)cc1. The molecule has 234 valence electrons. The van der Waals surface area contributed by atoms with Crippen molar-refractivity contribution in [3.8, 4) is 34.3 Å². The molecule has 2 aliphatic rings. The Morgan fingerprint density at radius 2 is 1.63 bits per heavy atom. The van der Waals surface area contributed by atoms with Gasteiger partial charge in [-0.3, -0.25) is 4.79 Å². The molecule has 0 radical (unpaired) electrons. The second kappa shape index (κ2) is 12.6. The minimum absolute atomic E-state index is 0.0488. The molecule has 2 fully saturated rings. The van der Waals surface area contributed by atoms with E-state index in [4.69, 9.17) is 32.8 Å². The third-order valence-electron chi connectivity index (χ3n) is 7.31. The molecular weight excluding hydrogens is 576 g/mol. The Bertz CT molecular complexity index is 1470. The number of methoxy groups -OCH3 is 2. The van der Waals surface area contributed by atoms with Gasteiger partial charge in [0.05, 0.1) is 27.4 Å². The summed E-state index contributed by atoms with van der Waals surface area (Å²) in [5, 5.41) is 72.0. The number of ether oxygens (including phenoxy) is 6. The van der Waals surface area contributed by atoms with E-state index in [0.717, 1.165) is 0 Å². The summed E-state index contributed by atoms with van der Waals surface area (Å²) in [6, 6.07) is 9.19. The van der Waals surface area contributed by atoms with Gasteiger partial charge in [0.1, 0.15) is 59.1 Å². The van der Waals surface area contributed by atoms with Gasteiger partial charge in [-0.25, -0.2) is 0 Å². The van der Waals surface area contributed by atoms with E-state index in [2.05, 4.69) is 0 Å². The highest BCUT2D eigenvalue weighted by Gasteiger charge is 2.50. The Hall–Kier alpha value is -3.51. The van der Waals surface area contributed by atoms with E-state index in [0.29, 0.717) is 11.3 Å². The second-order valence-corrected chi connectivity index (χ2v) is 10.0. The third-order valence-corrected chi connectivity index (χ3v) is 7.31. The van der Waals surface area contributed by atoms with E-state index >= 15 is 0 Å². The zero-order chi connectivity index (χ0) is 31.0. The first-order chi connectivity index (χ1) is 20.6. The molecule has 2 aliphatic heterocycles. The van der Waals surface area contributed by atoms with Crippen LogP contribution < -0.4 is 19.6 Å². The van der Waals surface area contributed by atoms with Crippen LogP contribution in [0.25, 0.3) is 22.3 Å². The summed E-state index contributed by atoms with van der Waals surface area (Å²) in [4.78, 5) is 13.2. The van der Waals surface area contributed by atoms with E-state index in [9.17, 15) is 40.5 Å². The summed E-state index contributed by atoms with van der Waals surface area (Å²) < 4.78 is 38.8. The maximum atomic E-state index is 13.2. The zero-order valence-electron chi connectivity index (χ0n) is 23.0. The van der Waals surface area contributed by atoms with Crippen LogP contribution >= 0.6 is 0 Å². The summed E-state index contributed by atoms with van der Waals surface area (Å²) >= 11 is 0. The van der Waals surface area contributed by atoms with Crippen LogP contribution in [0.1, 0.15) is 0 Å². The third kappa shape index (κ3) is 5.86. The highest BCUT2D eigenvalue weighted by molar-refractivity contribution is 5.89. The van der Waals surface area contributed by atoms with Crippen molar-refractivity contribution in [1.82, 2.24) is 0 Å². The first-order valence-corrected chi connectivity index (χ1v) is 13.2. The van der Waals surface area contributed by atoms with Crippen LogP contribution in [-0.2, 0) is 14.2 Å². The molecule has 0 bridgehead atoms. The lowest BCUT2D eigenvalue weighted by molar-refractivity contribution is -0.345. The maximum Gasteiger partial charge on any atom is 0.230 e. The quantitative estimate of drug-likeness (QED) is 0.160. The number of aliphatic hydroxyl groups is 6. The molecule has 3 heterocycles. The van der Waals surface area contributed by atoms with Crippen molar-refractivity contribution in [3.05, 3.63) is 46.6 Å². The van der Waals surface area contributed by atoms with Crippen molar-refractivity contribution in [1.29, 1.82) is 0 Å². The Morgan fingerprint density at radius 1 is 0.907 bits per heavy atom. The monoisotopic (exact) mass is 608 g/mol. The summed E-state index contributed by atoms with van der Waals surface area (Å²) in [5.41, 5.74) is -0.127. The predicted molar refractivity (Wildman–Crippen MR) is 144 cm³/mol. The number of phenols is 1. The van der Waals surface area contributed by atoms with E-state index in [1.807, 2.05) is 0 Å². The van der Waals surface area contributed by atoms with Crippen LogP contribution in [0.3, 0.4) is 0 Å². The van der Waals surface area contributed by atoms with Gasteiger partial charge in [-0.2, -0.15) is 0 Å². The number of hydrogen-bond acceptors (Lipinski definition) is 15. The van der Waals surface area contributed by atoms with Crippen LogP contribution in [-0.4, -0.2) is 118 Å². The molecule has 0 amide bonds. The molecule has 0 saturated carbocycles. The molecule has 7 N–H and O–H groups in total. The average Bonchev–Trinajstić information content (AvgIpc) is 3.01. The van der Waals surface area contributed by atoms with Crippen LogP contribution in [0.2, 0.25) is 0 Å². The molecule has 5 rings (SSSR count). The van der Waals surface area contributed by atoms with Gasteiger partial charge < -0.3 is 68.6 Å². The molecule has 15 nitrogen and oxygen atoms in total. The molecule has 0 aliphatic carbocycles. The number of aliphatic hydroxyl groups excluding tert-OH is 6. The van der Waals surface area contributed by atoms with Crippen LogP contribution in [0.4, 0.5) is 0 Å². The number of aromatic hydroxyl groups is 1. The van der Waals surface area contributed by atoms with Gasteiger partial charge in [-0.15, -0.1) is 0 Å². The van der Waals surface area contributed by atoms with Crippen molar-refractivity contribution < 1.29 is 68.6 Å². The summed E-state index contributed by atoms with van der Waals surface area (Å²) in [7, 11) is 2.77. The lowest BCUT2D eigenvalue weighted by Crippen LogP contribution is -2.63. The van der Waals surface area contributed by atoms with Gasteiger partial charge in [0.25, 0.3) is 0 Å². The van der Waals surface area contributed by atoms with Crippen molar-refractivity contribution in [2.75, 3.05) is 27.4 Å². The number of hydrogen-bond donors (Lipinski definition) is 7. The molecule has 2 aromatic carbocycles. The topological polar surface area (TPSA) is 227 Å². The first kappa shape index (κ1) is 30.9. The molecule has 3 aromatic rings. The van der Waals surface area contributed by atoms with Crippen molar-refractivity contribution in [2.45, 2.75) is 55.3 Å². The maximum absolute atomic E-state index is 13.2. The Morgan fingerprint density at radius 3 is 2.28 bits per heavy atom. The number of rotatable bonds is 8. The fourth-order valence-electron chi connectivity index (χ4n) is 4.89. The van der Waals surface area contributed by atoms with Crippen LogP contribution in [0.5, 0.6) is 23.0 Å². The average molecular weight is 609 g/mol. The lowest BCUT2D eigenvalue weighted by Gasteiger charge is -2.44. The number of fused-ring (bicyclic) bond motifs is 1. The standard InChI is InChI=1S/C28H32O15/c1-37-12-5-3-11(4-6-12)15-7-13(30)19-16(40-15)8-17(38-2)25(22(19)34)42-28-26(23(35)21(33)18(9-29)41-28)43-27-24(36)20(32)14(31)10-39-27/h3-8,14,18,20-21,23-24,26-29,31-36H,9-10H2,1-2H3/t14-,18?,20+,21-,23+,24?,26?,27+,28+/m1/s1. The van der Waals surface area contributed by atoms with Gasteiger partial charge in [0.2, 0.25) is 12.0 Å². The van der Waals surface area contributed by atoms with Gasteiger partial charge >= 0.3 is 0 Å². The summed E-state index contributed by atoms with van der Waals surface area (Å²) in [6.45, 7) is -1.18. The zero-order valence-corrected chi connectivity index (χ0v) is 23.0. The van der Waals surface area contributed by atoms with Gasteiger partial charge in [-0.05, 0) is 24.3 Å². The minimum atomic E-state index is -1.80. The molecule has 43 heavy (non-hydrogen) atoms. The molecule has 1 aromatic heterocycles. The molecular formula is C28H32O15. The fourth-order valence-corrected chi connectivity index (χ4v) is 4.89. The Kier molecular flexibility index (Phi) is 9.07. The van der Waals surface area contributed by atoms with E-state index < -0.39 is 85.4 Å². The Labute approximate surface area is 243 Å². The van der Waals surface area contributed by atoms with Crippen molar-refractivity contribution in [2.24, 2.45) is 0 Å². The molecule has 0 spiro atoms. The fraction of sp³-hybridized carbons (Fsp3) is 0.464. The second-order valence-electron chi connectivity index (χ2n) is 10.0. The normalized spacial score (nSPS) is 31.1. The van der Waals surface area contributed by atoms with E-state index in [1.165, 1.54) is 26.4 Å². The summed E-state index contributed by atoms with van der Waals surface area (Å²) in [6.07, 6.45) is -14.7.